The molecule has 2 aromatic carbocycles. The molecule has 2 N–H and O–H groups in total. The van der Waals surface area contributed by atoms with Crippen LogP contribution in [0.5, 0.6) is 0 Å². The molecule has 0 saturated heterocycles. The van der Waals surface area contributed by atoms with E-state index < -0.39 is 17.7 Å². The number of carboxylic acid groups (broad SMARTS) is 1. The second-order valence-corrected chi connectivity index (χ2v) is 8.04. The van der Waals surface area contributed by atoms with E-state index in [1.807, 2.05) is 30.3 Å². The van der Waals surface area contributed by atoms with E-state index in [2.05, 4.69) is 10.3 Å². The molecule has 0 aliphatic heterocycles. The predicted octanol–water partition coefficient (Wildman–Crippen LogP) is 5.52. The van der Waals surface area contributed by atoms with Crippen molar-refractivity contribution in [2.24, 2.45) is 0 Å². The van der Waals surface area contributed by atoms with Crippen LogP contribution in [0.1, 0.15) is 31.1 Å². The average Bonchev–Trinajstić information content (AvgIpc) is 3.04. The molecule has 6 nitrogen and oxygen atoms in total. The number of anilines is 1. The van der Waals surface area contributed by atoms with E-state index in [0.717, 1.165) is 10.4 Å². The highest BCUT2D eigenvalue weighted by Crippen LogP contribution is 2.39. The highest BCUT2D eigenvalue weighted by molar-refractivity contribution is 7.19. The van der Waals surface area contributed by atoms with Crippen molar-refractivity contribution in [1.29, 1.82) is 0 Å². The smallest absolute Gasteiger partial charge is 0.413 e. The molecule has 144 valence electrons. The van der Waals surface area contributed by atoms with Gasteiger partial charge in [0.25, 0.3) is 0 Å². The molecule has 1 aromatic heterocycles. The molecular formula is C21H20N2O4S. The quantitative estimate of drug-likeness (QED) is 0.606. The fourth-order valence-corrected chi connectivity index (χ4v) is 3.63. The predicted molar refractivity (Wildman–Crippen MR) is 110 cm³/mol. The van der Waals surface area contributed by atoms with Crippen molar-refractivity contribution in [2.75, 3.05) is 5.32 Å². The Morgan fingerprint density at radius 3 is 2.32 bits per heavy atom. The van der Waals surface area contributed by atoms with Gasteiger partial charge >= 0.3 is 12.1 Å². The summed E-state index contributed by atoms with van der Waals surface area (Å²) in [5.41, 5.74) is 0.866. The standard InChI is InChI=1S/C21H20N2O4S/c1-21(2,3)27-20(26)23-17-16(13-9-5-4-6-10-13)28-18(22-17)14-11-7-8-12-15(14)19(24)25/h4-12H,1-3H3,(H,23,26)(H,24,25). The summed E-state index contributed by atoms with van der Waals surface area (Å²) in [6.07, 6.45) is -0.618. The zero-order valence-electron chi connectivity index (χ0n) is 15.7. The van der Waals surface area contributed by atoms with Crippen molar-refractivity contribution in [2.45, 2.75) is 26.4 Å². The van der Waals surface area contributed by atoms with E-state index in [1.54, 1.807) is 39.0 Å². The van der Waals surface area contributed by atoms with Crippen LogP contribution in [-0.2, 0) is 4.74 Å². The molecule has 0 aliphatic rings. The van der Waals surface area contributed by atoms with Crippen molar-refractivity contribution < 1.29 is 19.4 Å². The first kappa shape index (κ1) is 19.6. The van der Waals surface area contributed by atoms with E-state index in [9.17, 15) is 14.7 Å². The SMILES string of the molecule is CC(C)(C)OC(=O)Nc1nc(-c2ccccc2C(=O)O)sc1-c1ccccc1. The van der Waals surface area contributed by atoms with Crippen LogP contribution >= 0.6 is 11.3 Å². The Kier molecular flexibility index (Phi) is 5.46. The summed E-state index contributed by atoms with van der Waals surface area (Å²) in [7, 11) is 0. The Morgan fingerprint density at radius 2 is 1.68 bits per heavy atom. The van der Waals surface area contributed by atoms with Gasteiger partial charge in [0.2, 0.25) is 0 Å². The molecule has 3 rings (SSSR count). The van der Waals surface area contributed by atoms with Crippen molar-refractivity contribution >= 4 is 29.2 Å². The molecular weight excluding hydrogens is 376 g/mol. The molecule has 0 spiro atoms. The summed E-state index contributed by atoms with van der Waals surface area (Å²) in [6.45, 7) is 5.33. The van der Waals surface area contributed by atoms with Gasteiger partial charge in [-0.15, -0.1) is 11.3 Å². The number of carboxylic acids is 1. The maximum Gasteiger partial charge on any atom is 0.413 e. The van der Waals surface area contributed by atoms with Gasteiger partial charge in [-0.1, -0.05) is 48.5 Å². The molecule has 7 heteroatoms. The number of thiazole rings is 1. The lowest BCUT2D eigenvalue weighted by Gasteiger charge is -2.19. The lowest BCUT2D eigenvalue weighted by Crippen LogP contribution is -2.27. The molecule has 1 amide bonds. The molecule has 0 bridgehead atoms. The van der Waals surface area contributed by atoms with E-state index in [0.29, 0.717) is 16.4 Å². The molecule has 1 heterocycles. The van der Waals surface area contributed by atoms with Crippen molar-refractivity contribution in [3.63, 3.8) is 0 Å². The maximum absolute atomic E-state index is 12.3. The number of nitrogens with zero attached hydrogens (tertiary/aromatic N) is 1. The summed E-state index contributed by atoms with van der Waals surface area (Å²) in [4.78, 5) is 29.1. The zero-order valence-corrected chi connectivity index (χ0v) is 16.5. The third-order valence-electron chi connectivity index (χ3n) is 3.67. The minimum Gasteiger partial charge on any atom is -0.478 e. The molecule has 0 atom stereocenters. The van der Waals surface area contributed by atoms with Gasteiger partial charge in [-0.3, -0.25) is 5.32 Å². The van der Waals surface area contributed by atoms with E-state index >= 15 is 0 Å². The van der Waals surface area contributed by atoms with Crippen LogP contribution in [0.3, 0.4) is 0 Å². The van der Waals surface area contributed by atoms with Crippen LogP contribution in [0.15, 0.2) is 54.6 Å². The fourth-order valence-electron chi connectivity index (χ4n) is 2.56. The maximum atomic E-state index is 12.3. The third kappa shape index (κ3) is 4.55. The molecule has 0 saturated carbocycles. The Balaban J connectivity index is 2.06. The van der Waals surface area contributed by atoms with Gasteiger partial charge < -0.3 is 9.84 Å². The van der Waals surface area contributed by atoms with Crippen LogP contribution < -0.4 is 5.32 Å². The summed E-state index contributed by atoms with van der Waals surface area (Å²) in [5.74, 6) is -0.700. The average molecular weight is 396 g/mol. The highest BCUT2D eigenvalue weighted by Gasteiger charge is 2.22. The number of rotatable bonds is 4. The number of carbonyl (C=O) groups excluding carboxylic acids is 1. The van der Waals surface area contributed by atoms with Gasteiger partial charge in [-0.2, -0.15) is 0 Å². The Labute approximate surface area is 166 Å². The molecule has 28 heavy (non-hydrogen) atoms. The summed E-state index contributed by atoms with van der Waals surface area (Å²) in [5, 5.41) is 12.7. The lowest BCUT2D eigenvalue weighted by atomic mass is 10.1. The Morgan fingerprint density at radius 1 is 1.04 bits per heavy atom. The van der Waals surface area contributed by atoms with Crippen LogP contribution in [-0.4, -0.2) is 27.8 Å². The minimum absolute atomic E-state index is 0.152. The first-order valence-electron chi connectivity index (χ1n) is 8.63. The van der Waals surface area contributed by atoms with Crippen molar-refractivity contribution in [3.8, 4) is 21.0 Å². The number of aromatic carboxylic acids is 1. The van der Waals surface area contributed by atoms with E-state index in [-0.39, 0.29) is 5.56 Å². The van der Waals surface area contributed by atoms with Crippen LogP contribution in [0.4, 0.5) is 10.6 Å². The second kappa shape index (κ2) is 7.82. The topological polar surface area (TPSA) is 88.5 Å². The van der Waals surface area contributed by atoms with E-state index in [1.165, 1.54) is 17.4 Å². The molecule has 0 radical (unpaired) electrons. The first-order valence-corrected chi connectivity index (χ1v) is 9.45. The van der Waals surface area contributed by atoms with Crippen LogP contribution in [0.25, 0.3) is 21.0 Å². The minimum atomic E-state index is -1.03. The number of amides is 1. The largest absolute Gasteiger partial charge is 0.478 e. The van der Waals surface area contributed by atoms with Gasteiger partial charge in [-0.05, 0) is 32.4 Å². The van der Waals surface area contributed by atoms with Crippen LogP contribution in [0.2, 0.25) is 0 Å². The van der Waals surface area contributed by atoms with Crippen LogP contribution in [0, 0.1) is 0 Å². The summed E-state index contributed by atoms with van der Waals surface area (Å²) >= 11 is 1.31. The molecule has 0 aliphatic carbocycles. The molecule has 0 unspecified atom stereocenters. The second-order valence-electron chi connectivity index (χ2n) is 7.04. The number of aromatic nitrogens is 1. The van der Waals surface area contributed by atoms with Gasteiger partial charge in [0.05, 0.1) is 10.4 Å². The van der Waals surface area contributed by atoms with E-state index in [4.69, 9.17) is 4.74 Å². The summed E-state index contributed by atoms with van der Waals surface area (Å²) < 4.78 is 5.33. The lowest BCUT2D eigenvalue weighted by molar-refractivity contribution is 0.0633. The number of ether oxygens (including phenoxy) is 1. The van der Waals surface area contributed by atoms with Gasteiger partial charge in [-0.25, -0.2) is 14.6 Å². The van der Waals surface area contributed by atoms with Gasteiger partial charge in [0.1, 0.15) is 10.6 Å². The van der Waals surface area contributed by atoms with Crippen molar-refractivity contribution in [3.05, 3.63) is 60.2 Å². The molecule has 0 fully saturated rings. The Bertz CT molecular complexity index is 1010. The van der Waals surface area contributed by atoms with Crippen molar-refractivity contribution in [1.82, 2.24) is 4.98 Å². The Hall–Kier alpha value is -3.19. The van der Waals surface area contributed by atoms with Gasteiger partial charge in [0, 0.05) is 5.56 Å². The molecule has 3 aromatic rings. The number of hydrogen-bond acceptors (Lipinski definition) is 5. The van der Waals surface area contributed by atoms with Gasteiger partial charge in [0.15, 0.2) is 5.82 Å². The summed E-state index contributed by atoms with van der Waals surface area (Å²) in [6, 6.07) is 16.1. The number of hydrogen-bond donors (Lipinski definition) is 2. The number of carbonyl (C=O) groups is 2. The number of benzene rings is 2. The first-order chi connectivity index (χ1) is 13.2. The monoisotopic (exact) mass is 396 g/mol. The highest BCUT2D eigenvalue weighted by atomic mass is 32.1. The third-order valence-corrected chi connectivity index (χ3v) is 4.81. The number of nitrogens with one attached hydrogen (secondary N) is 1. The normalized spacial score (nSPS) is 11.1. The zero-order chi connectivity index (χ0) is 20.3. The fraction of sp³-hybridized carbons (Fsp3) is 0.190.